The summed E-state index contributed by atoms with van der Waals surface area (Å²) in [6, 6.07) is 6.80. The van der Waals surface area contributed by atoms with Crippen LogP contribution in [0, 0.1) is 0 Å². The molecular weight excluding hydrogens is 234 g/mol. The summed E-state index contributed by atoms with van der Waals surface area (Å²) < 4.78 is 4.93. The molecule has 0 bridgehead atoms. The van der Waals surface area contributed by atoms with E-state index in [9.17, 15) is 9.59 Å². The molecule has 0 radical (unpaired) electrons. The first-order valence-electron chi connectivity index (χ1n) is 5.46. The number of amides is 1. The Hall–Kier alpha value is -2.30. The molecule has 1 amide bonds. The van der Waals surface area contributed by atoms with Crippen molar-refractivity contribution in [2.75, 3.05) is 5.32 Å². The fraction of sp³-hybridized carbons (Fsp3) is 0.231. The van der Waals surface area contributed by atoms with E-state index >= 15 is 0 Å². The summed E-state index contributed by atoms with van der Waals surface area (Å²) in [6.07, 6.45) is 1.75. The zero-order valence-electron chi connectivity index (χ0n) is 10.2. The molecule has 1 rings (SSSR count). The van der Waals surface area contributed by atoms with Crippen LogP contribution in [0.25, 0.3) is 6.08 Å². The maximum Gasteiger partial charge on any atom is 0.411 e. The SMILES string of the molecule is CC(C)OC(=O)Nc1cccc(C=CC(=O)O)c1. The summed E-state index contributed by atoms with van der Waals surface area (Å²) in [7, 11) is 0. The van der Waals surface area contributed by atoms with Crippen LogP contribution < -0.4 is 5.32 Å². The number of nitrogens with one attached hydrogen (secondary N) is 1. The number of anilines is 1. The summed E-state index contributed by atoms with van der Waals surface area (Å²) in [6.45, 7) is 3.51. The van der Waals surface area contributed by atoms with E-state index in [0.717, 1.165) is 6.08 Å². The Labute approximate surface area is 105 Å². The molecule has 0 aliphatic rings. The zero-order chi connectivity index (χ0) is 13.5. The summed E-state index contributed by atoms with van der Waals surface area (Å²) in [4.78, 5) is 21.7. The molecule has 2 N–H and O–H groups in total. The van der Waals surface area contributed by atoms with Crippen LogP contribution in [-0.4, -0.2) is 23.3 Å². The third-order valence-electron chi connectivity index (χ3n) is 1.89. The topological polar surface area (TPSA) is 75.6 Å². The van der Waals surface area contributed by atoms with Crippen molar-refractivity contribution in [3.63, 3.8) is 0 Å². The van der Waals surface area contributed by atoms with Crippen molar-refractivity contribution in [1.29, 1.82) is 0 Å². The summed E-state index contributed by atoms with van der Waals surface area (Å²) in [5, 5.41) is 11.1. The molecule has 0 atom stereocenters. The lowest BCUT2D eigenvalue weighted by molar-refractivity contribution is -0.131. The Morgan fingerprint density at radius 1 is 1.39 bits per heavy atom. The second-order valence-corrected chi connectivity index (χ2v) is 3.88. The third kappa shape index (κ3) is 5.16. The number of hydrogen-bond acceptors (Lipinski definition) is 3. The van der Waals surface area contributed by atoms with Gasteiger partial charge in [-0.05, 0) is 37.6 Å². The Balaban J connectivity index is 2.70. The van der Waals surface area contributed by atoms with Gasteiger partial charge in [-0.15, -0.1) is 0 Å². The highest BCUT2D eigenvalue weighted by molar-refractivity contribution is 5.87. The Bertz CT molecular complexity index is 466. The Kier molecular flexibility index (Phi) is 4.92. The van der Waals surface area contributed by atoms with Gasteiger partial charge in [0.25, 0.3) is 0 Å². The smallest absolute Gasteiger partial charge is 0.411 e. The largest absolute Gasteiger partial charge is 0.478 e. The average molecular weight is 249 g/mol. The third-order valence-corrected chi connectivity index (χ3v) is 1.89. The predicted molar refractivity (Wildman–Crippen MR) is 68.4 cm³/mol. The van der Waals surface area contributed by atoms with Gasteiger partial charge in [0.1, 0.15) is 0 Å². The van der Waals surface area contributed by atoms with E-state index in [-0.39, 0.29) is 6.10 Å². The maximum absolute atomic E-state index is 11.4. The highest BCUT2D eigenvalue weighted by Gasteiger charge is 2.05. The van der Waals surface area contributed by atoms with Crippen LogP contribution in [0.2, 0.25) is 0 Å². The fourth-order valence-electron chi connectivity index (χ4n) is 1.25. The van der Waals surface area contributed by atoms with Crippen molar-refractivity contribution in [3.8, 4) is 0 Å². The van der Waals surface area contributed by atoms with Crippen LogP contribution in [0.15, 0.2) is 30.3 Å². The quantitative estimate of drug-likeness (QED) is 0.804. The maximum atomic E-state index is 11.4. The highest BCUT2D eigenvalue weighted by atomic mass is 16.6. The van der Waals surface area contributed by atoms with Crippen molar-refractivity contribution in [1.82, 2.24) is 0 Å². The lowest BCUT2D eigenvalue weighted by Gasteiger charge is -2.09. The van der Waals surface area contributed by atoms with Gasteiger partial charge in [0, 0.05) is 11.8 Å². The van der Waals surface area contributed by atoms with Crippen LogP contribution in [0.3, 0.4) is 0 Å². The van der Waals surface area contributed by atoms with Crippen LogP contribution in [-0.2, 0) is 9.53 Å². The number of benzene rings is 1. The standard InChI is InChI=1S/C13H15NO4/c1-9(2)18-13(17)14-11-5-3-4-10(8-11)6-7-12(15)16/h3-9H,1-2H3,(H,14,17)(H,15,16). The molecule has 0 aliphatic heterocycles. The van der Waals surface area contributed by atoms with Crippen molar-refractivity contribution in [3.05, 3.63) is 35.9 Å². The van der Waals surface area contributed by atoms with Crippen molar-refractivity contribution in [2.24, 2.45) is 0 Å². The molecule has 0 unspecified atom stereocenters. The van der Waals surface area contributed by atoms with Crippen molar-refractivity contribution < 1.29 is 19.4 Å². The number of carbonyl (C=O) groups is 2. The number of hydrogen-bond donors (Lipinski definition) is 2. The predicted octanol–water partition coefficient (Wildman–Crippen LogP) is 2.74. The van der Waals surface area contributed by atoms with E-state index in [0.29, 0.717) is 11.3 Å². The molecule has 0 saturated carbocycles. The molecule has 18 heavy (non-hydrogen) atoms. The minimum atomic E-state index is -1.02. The number of ether oxygens (including phenoxy) is 1. The average Bonchev–Trinajstić information content (AvgIpc) is 2.25. The molecule has 1 aromatic carbocycles. The molecule has 5 nitrogen and oxygen atoms in total. The van der Waals surface area contributed by atoms with Gasteiger partial charge in [0.15, 0.2) is 0 Å². The number of carboxylic acid groups (broad SMARTS) is 1. The van der Waals surface area contributed by atoms with Gasteiger partial charge in [0.05, 0.1) is 6.10 Å². The summed E-state index contributed by atoms with van der Waals surface area (Å²) >= 11 is 0. The minimum Gasteiger partial charge on any atom is -0.478 e. The minimum absolute atomic E-state index is 0.194. The molecule has 0 heterocycles. The lowest BCUT2D eigenvalue weighted by Crippen LogP contribution is -2.17. The summed E-state index contributed by atoms with van der Waals surface area (Å²) in [5.74, 6) is -1.02. The van der Waals surface area contributed by atoms with E-state index in [2.05, 4.69) is 5.32 Å². The molecule has 1 aromatic rings. The Morgan fingerprint density at radius 2 is 2.11 bits per heavy atom. The van der Waals surface area contributed by atoms with E-state index < -0.39 is 12.1 Å². The lowest BCUT2D eigenvalue weighted by atomic mass is 10.2. The van der Waals surface area contributed by atoms with Crippen molar-refractivity contribution >= 4 is 23.8 Å². The van der Waals surface area contributed by atoms with Gasteiger partial charge in [-0.25, -0.2) is 9.59 Å². The van der Waals surface area contributed by atoms with E-state index in [1.165, 1.54) is 6.08 Å². The molecule has 0 spiro atoms. The molecule has 0 fully saturated rings. The van der Waals surface area contributed by atoms with Crippen LogP contribution in [0.1, 0.15) is 19.4 Å². The molecule has 5 heteroatoms. The van der Waals surface area contributed by atoms with Gasteiger partial charge in [-0.3, -0.25) is 5.32 Å². The molecule has 0 saturated heterocycles. The normalized spacial score (nSPS) is 10.6. The molecular formula is C13H15NO4. The Morgan fingerprint density at radius 3 is 2.72 bits per heavy atom. The van der Waals surface area contributed by atoms with E-state index in [1.807, 2.05) is 0 Å². The molecule has 0 aromatic heterocycles. The van der Waals surface area contributed by atoms with Gasteiger partial charge < -0.3 is 9.84 Å². The van der Waals surface area contributed by atoms with Gasteiger partial charge >= 0.3 is 12.1 Å². The van der Waals surface area contributed by atoms with Crippen LogP contribution >= 0.6 is 0 Å². The van der Waals surface area contributed by atoms with Gasteiger partial charge in [-0.2, -0.15) is 0 Å². The van der Waals surface area contributed by atoms with Crippen molar-refractivity contribution in [2.45, 2.75) is 20.0 Å². The first-order chi connectivity index (χ1) is 8.47. The number of rotatable bonds is 4. The van der Waals surface area contributed by atoms with E-state index in [4.69, 9.17) is 9.84 Å². The number of aliphatic carboxylic acids is 1. The number of carbonyl (C=O) groups excluding carboxylic acids is 1. The highest BCUT2D eigenvalue weighted by Crippen LogP contribution is 2.12. The number of carboxylic acids is 1. The molecule has 96 valence electrons. The monoisotopic (exact) mass is 249 g/mol. The second-order valence-electron chi connectivity index (χ2n) is 3.88. The molecule has 0 aliphatic carbocycles. The zero-order valence-corrected chi connectivity index (χ0v) is 10.2. The van der Waals surface area contributed by atoms with Crippen LogP contribution in [0.4, 0.5) is 10.5 Å². The van der Waals surface area contributed by atoms with Crippen LogP contribution in [0.5, 0.6) is 0 Å². The fourth-order valence-corrected chi connectivity index (χ4v) is 1.25. The van der Waals surface area contributed by atoms with E-state index in [1.54, 1.807) is 38.1 Å². The summed E-state index contributed by atoms with van der Waals surface area (Å²) in [5.41, 5.74) is 1.23. The second kappa shape index (κ2) is 6.44. The first kappa shape index (κ1) is 13.8. The van der Waals surface area contributed by atoms with Gasteiger partial charge in [-0.1, -0.05) is 12.1 Å². The first-order valence-corrected chi connectivity index (χ1v) is 5.46. The van der Waals surface area contributed by atoms with Gasteiger partial charge in [0.2, 0.25) is 0 Å².